The average Bonchev–Trinajstić information content (AvgIpc) is 3.06. The van der Waals surface area contributed by atoms with Crippen molar-refractivity contribution in [2.45, 2.75) is 6.92 Å². The predicted octanol–water partition coefficient (Wildman–Crippen LogP) is 0.809. The molecule has 2 heterocycles. The van der Waals surface area contributed by atoms with Gasteiger partial charge in [-0.2, -0.15) is 5.10 Å². The zero-order valence-electron chi connectivity index (χ0n) is 11.4. The number of rotatable bonds is 7. The number of aliphatic carboxylic acids is 1. The van der Waals surface area contributed by atoms with Gasteiger partial charge in [-0.3, -0.25) is 9.89 Å². The number of carbonyl (C=O) groups excluding carboxylic acids is 1. The molecule has 2 aromatic rings. The van der Waals surface area contributed by atoms with Crippen LogP contribution in [0.1, 0.15) is 16.2 Å². The lowest BCUT2D eigenvalue weighted by atomic mass is 10.3. The maximum Gasteiger partial charge on any atom is 0.329 e. The summed E-state index contributed by atoms with van der Waals surface area (Å²) in [7, 11) is 0. The van der Waals surface area contributed by atoms with Crippen molar-refractivity contribution in [1.82, 2.24) is 15.5 Å². The molecule has 21 heavy (non-hydrogen) atoms. The van der Waals surface area contributed by atoms with Crippen LogP contribution >= 0.6 is 0 Å². The molecule has 8 heteroatoms. The van der Waals surface area contributed by atoms with E-state index in [1.165, 1.54) is 0 Å². The Hall–Kier alpha value is -2.61. The van der Waals surface area contributed by atoms with Gasteiger partial charge in [-0.15, -0.1) is 0 Å². The topological polar surface area (TPSA) is 117 Å². The highest BCUT2D eigenvalue weighted by Gasteiger charge is 2.12. The van der Waals surface area contributed by atoms with Gasteiger partial charge in [0, 0.05) is 12.6 Å². The number of ether oxygens (including phenoxy) is 1. The van der Waals surface area contributed by atoms with Gasteiger partial charge < -0.3 is 19.6 Å². The number of hydrogen-bond donors (Lipinski definition) is 3. The fraction of sp³-hybridized carbons (Fsp3) is 0.308. The van der Waals surface area contributed by atoms with Crippen molar-refractivity contribution >= 4 is 11.9 Å². The molecule has 0 atom stereocenters. The average molecular weight is 293 g/mol. The Balaban J connectivity index is 1.83. The Kier molecular flexibility index (Phi) is 4.72. The molecule has 1 amide bonds. The van der Waals surface area contributed by atoms with Gasteiger partial charge >= 0.3 is 5.97 Å². The lowest BCUT2D eigenvalue weighted by Gasteiger charge is -2.02. The Morgan fingerprint density at radius 1 is 1.48 bits per heavy atom. The lowest BCUT2D eigenvalue weighted by Crippen LogP contribution is -2.28. The van der Waals surface area contributed by atoms with Crippen LogP contribution in [-0.2, 0) is 9.53 Å². The number of nitrogens with one attached hydrogen (secondary N) is 2. The largest absolute Gasteiger partial charge is 0.480 e. The van der Waals surface area contributed by atoms with E-state index in [2.05, 4.69) is 15.5 Å². The molecule has 2 aromatic heterocycles. The van der Waals surface area contributed by atoms with Gasteiger partial charge in [0.05, 0.1) is 6.61 Å². The number of aromatic nitrogens is 2. The molecule has 0 saturated carbocycles. The second-order valence-electron chi connectivity index (χ2n) is 4.28. The molecule has 0 fully saturated rings. The van der Waals surface area contributed by atoms with Gasteiger partial charge in [-0.25, -0.2) is 4.79 Å². The molecular weight excluding hydrogens is 278 g/mol. The van der Waals surface area contributed by atoms with E-state index in [9.17, 15) is 9.59 Å². The van der Waals surface area contributed by atoms with Gasteiger partial charge in [0.2, 0.25) is 0 Å². The summed E-state index contributed by atoms with van der Waals surface area (Å²) < 4.78 is 10.2. The number of nitrogens with zero attached hydrogens (tertiary/aromatic N) is 1. The van der Waals surface area contributed by atoms with E-state index in [0.29, 0.717) is 11.5 Å². The molecule has 3 N–H and O–H groups in total. The summed E-state index contributed by atoms with van der Waals surface area (Å²) in [5.41, 5.74) is 0.827. The van der Waals surface area contributed by atoms with Gasteiger partial charge in [-0.05, 0) is 19.1 Å². The zero-order valence-corrected chi connectivity index (χ0v) is 11.4. The summed E-state index contributed by atoms with van der Waals surface area (Å²) in [6.07, 6.45) is 0. The molecule has 0 aliphatic heterocycles. The van der Waals surface area contributed by atoms with Crippen LogP contribution in [-0.4, -0.2) is 46.9 Å². The molecule has 0 aliphatic carbocycles. The third-order valence-corrected chi connectivity index (χ3v) is 2.57. The summed E-state index contributed by atoms with van der Waals surface area (Å²) in [5, 5.41) is 17.6. The minimum atomic E-state index is -1.05. The molecule has 0 saturated heterocycles. The third kappa shape index (κ3) is 4.18. The Bertz CT molecular complexity index is 631. The number of carboxylic acid groups (broad SMARTS) is 1. The lowest BCUT2D eigenvalue weighted by molar-refractivity contribution is -0.142. The molecule has 0 unspecified atom stereocenters. The van der Waals surface area contributed by atoms with Crippen molar-refractivity contribution in [3.05, 3.63) is 29.7 Å². The van der Waals surface area contributed by atoms with Crippen LogP contribution in [0.15, 0.2) is 22.6 Å². The van der Waals surface area contributed by atoms with Crippen LogP contribution in [0.4, 0.5) is 0 Å². The van der Waals surface area contributed by atoms with E-state index < -0.39 is 5.97 Å². The Morgan fingerprint density at radius 2 is 2.29 bits per heavy atom. The van der Waals surface area contributed by atoms with Crippen molar-refractivity contribution in [3.63, 3.8) is 0 Å². The number of aryl methyl sites for hydroxylation is 1. The van der Waals surface area contributed by atoms with Crippen molar-refractivity contribution in [2.24, 2.45) is 0 Å². The molecule has 0 aliphatic rings. The highest BCUT2D eigenvalue weighted by atomic mass is 16.5. The van der Waals surface area contributed by atoms with Crippen LogP contribution in [0, 0.1) is 6.92 Å². The first-order valence-corrected chi connectivity index (χ1v) is 6.26. The van der Waals surface area contributed by atoms with Gasteiger partial charge in [0.15, 0.2) is 11.5 Å². The maximum atomic E-state index is 11.8. The second kappa shape index (κ2) is 6.71. The van der Waals surface area contributed by atoms with Gasteiger partial charge in [-0.1, -0.05) is 0 Å². The number of carbonyl (C=O) groups is 2. The number of amides is 1. The second-order valence-corrected chi connectivity index (χ2v) is 4.28. The van der Waals surface area contributed by atoms with E-state index >= 15 is 0 Å². The number of hydrogen-bond acceptors (Lipinski definition) is 5. The highest BCUT2D eigenvalue weighted by Crippen LogP contribution is 2.20. The smallest absolute Gasteiger partial charge is 0.329 e. The monoisotopic (exact) mass is 293 g/mol. The molecular formula is C13H15N3O5. The van der Waals surface area contributed by atoms with Crippen LogP contribution in [0.3, 0.4) is 0 Å². The highest BCUT2D eigenvalue weighted by molar-refractivity contribution is 5.93. The summed E-state index contributed by atoms with van der Waals surface area (Å²) >= 11 is 0. The fourth-order valence-electron chi connectivity index (χ4n) is 1.63. The quantitative estimate of drug-likeness (QED) is 0.650. The van der Waals surface area contributed by atoms with Crippen LogP contribution in [0.2, 0.25) is 0 Å². The molecule has 0 bridgehead atoms. The number of furan rings is 1. The van der Waals surface area contributed by atoms with E-state index in [1.54, 1.807) is 12.1 Å². The first-order chi connectivity index (χ1) is 10.1. The zero-order chi connectivity index (χ0) is 15.2. The summed E-state index contributed by atoms with van der Waals surface area (Å²) in [6.45, 7) is 1.76. The number of carboxylic acids is 1. The number of H-pyrrole nitrogens is 1. The SMILES string of the molecule is Cc1ccc(-c2cc(C(=O)NCCOCC(=O)O)n[nH]2)o1. The molecule has 8 nitrogen and oxygen atoms in total. The normalized spacial score (nSPS) is 10.5. The molecule has 2 rings (SSSR count). The first kappa shape index (κ1) is 14.8. The summed E-state index contributed by atoms with van der Waals surface area (Å²) in [6, 6.07) is 5.17. The summed E-state index contributed by atoms with van der Waals surface area (Å²) in [5.74, 6) is -0.0586. The molecule has 0 radical (unpaired) electrons. The minimum Gasteiger partial charge on any atom is -0.480 e. The van der Waals surface area contributed by atoms with E-state index in [4.69, 9.17) is 14.3 Å². The predicted molar refractivity (Wildman–Crippen MR) is 71.8 cm³/mol. The van der Waals surface area contributed by atoms with Crippen molar-refractivity contribution < 1.29 is 23.8 Å². The van der Waals surface area contributed by atoms with Crippen LogP contribution < -0.4 is 5.32 Å². The Labute approximate surface area is 120 Å². The maximum absolute atomic E-state index is 11.8. The third-order valence-electron chi connectivity index (χ3n) is 2.57. The van der Waals surface area contributed by atoms with Gasteiger partial charge in [0.1, 0.15) is 18.1 Å². The molecule has 0 aromatic carbocycles. The standard InChI is InChI=1S/C13H15N3O5/c1-8-2-3-11(21-8)9-6-10(16-15-9)13(19)14-4-5-20-7-12(17)18/h2-3,6H,4-5,7H2,1H3,(H,14,19)(H,15,16)(H,17,18). The minimum absolute atomic E-state index is 0.118. The van der Waals surface area contributed by atoms with Gasteiger partial charge in [0.25, 0.3) is 5.91 Å². The fourth-order valence-corrected chi connectivity index (χ4v) is 1.63. The van der Waals surface area contributed by atoms with Crippen molar-refractivity contribution in [3.8, 4) is 11.5 Å². The van der Waals surface area contributed by atoms with E-state index in [-0.39, 0.29) is 31.4 Å². The molecule has 0 spiro atoms. The van der Waals surface area contributed by atoms with Crippen LogP contribution in [0.25, 0.3) is 11.5 Å². The number of aromatic amines is 1. The van der Waals surface area contributed by atoms with E-state index in [0.717, 1.165) is 5.76 Å². The van der Waals surface area contributed by atoms with Crippen molar-refractivity contribution in [1.29, 1.82) is 0 Å². The van der Waals surface area contributed by atoms with E-state index in [1.807, 2.05) is 13.0 Å². The Morgan fingerprint density at radius 3 is 2.95 bits per heavy atom. The van der Waals surface area contributed by atoms with Crippen LogP contribution in [0.5, 0.6) is 0 Å². The summed E-state index contributed by atoms with van der Waals surface area (Å²) in [4.78, 5) is 22.0. The molecule has 112 valence electrons. The van der Waals surface area contributed by atoms with Crippen molar-refractivity contribution in [2.75, 3.05) is 19.8 Å². The first-order valence-electron chi connectivity index (χ1n) is 6.26.